The second kappa shape index (κ2) is 11.1. The number of hydrogen-bond donors (Lipinski definition) is 1. The molecule has 0 fully saturated rings. The van der Waals surface area contributed by atoms with Gasteiger partial charge in [-0.3, -0.25) is 14.6 Å². The monoisotopic (exact) mass is 536 g/mol. The van der Waals surface area contributed by atoms with Gasteiger partial charge in [-0.2, -0.15) is 0 Å². The van der Waals surface area contributed by atoms with Gasteiger partial charge in [-0.05, 0) is 86.0 Å². The summed E-state index contributed by atoms with van der Waals surface area (Å²) < 4.78 is 46.0. The number of ketones is 1. The maximum absolute atomic E-state index is 13.1. The molecule has 3 aromatic carbocycles. The first kappa shape index (κ1) is 27.6. The highest BCUT2D eigenvalue weighted by atomic mass is 19.4. The molecule has 202 valence electrons. The van der Waals surface area contributed by atoms with Crippen molar-refractivity contribution < 1.29 is 32.2 Å². The summed E-state index contributed by atoms with van der Waals surface area (Å²) >= 11 is 0. The van der Waals surface area contributed by atoms with Crippen molar-refractivity contribution in [2.45, 2.75) is 38.6 Å². The SMILES string of the molecule is COc1ccc2c(c1)C(CC(=O)c1ccc(NC(=O)C=Cc3ccc(OC(F)(F)F)cc3)cc1)=NC(C)(C)C2. The molecule has 0 radical (unpaired) electrons. The summed E-state index contributed by atoms with van der Waals surface area (Å²) in [6.45, 7) is 4.07. The lowest BCUT2D eigenvalue weighted by atomic mass is 9.85. The molecule has 1 amide bonds. The van der Waals surface area contributed by atoms with Gasteiger partial charge < -0.3 is 14.8 Å². The molecule has 0 aliphatic carbocycles. The summed E-state index contributed by atoms with van der Waals surface area (Å²) in [5, 5.41) is 2.69. The Morgan fingerprint density at radius 1 is 1.00 bits per heavy atom. The number of Topliss-reactive ketones (excluding diaryl/α,β-unsaturated/α-hetero) is 1. The molecule has 1 aliphatic rings. The molecule has 0 spiro atoms. The Balaban J connectivity index is 1.38. The largest absolute Gasteiger partial charge is 0.573 e. The Kier molecular flexibility index (Phi) is 7.90. The minimum atomic E-state index is -4.77. The molecular formula is C30H27F3N2O4. The second-order valence-corrected chi connectivity index (χ2v) is 9.69. The first-order valence-electron chi connectivity index (χ1n) is 12.1. The molecule has 39 heavy (non-hydrogen) atoms. The summed E-state index contributed by atoms with van der Waals surface area (Å²) in [6.07, 6.45) is -1.15. The first-order chi connectivity index (χ1) is 18.4. The Bertz CT molecular complexity index is 1420. The molecular weight excluding hydrogens is 509 g/mol. The van der Waals surface area contributed by atoms with Gasteiger partial charge in [0.25, 0.3) is 0 Å². The van der Waals surface area contributed by atoms with Gasteiger partial charge in [0.1, 0.15) is 11.5 Å². The Morgan fingerprint density at radius 3 is 2.31 bits per heavy atom. The molecule has 1 aliphatic heterocycles. The summed E-state index contributed by atoms with van der Waals surface area (Å²) in [4.78, 5) is 30.2. The van der Waals surface area contributed by atoms with Crippen molar-refractivity contribution in [3.05, 3.63) is 95.1 Å². The Morgan fingerprint density at radius 2 is 1.67 bits per heavy atom. The number of aliphatic imine (C=N–C) groups is 1. The number of alkyl halides is 3. The molecule has 0 bridgehead atoms. The fourth-order valence-electron chi connectivity index (χ4n) is 4.30. The summed E-state index contributed by atoms with van der Waals surface area (Å²) in [5.74, 6) is -0.179. The molecule has 0 atom stereocenters. The Labute approximate surface area is 224 Å². The van der Waals surface area contributed by atoms with Crippen molar-refractivity contribution in [1.82, 2.24) is 0 Å². The van der Waals surface area contributed by atoms with Crippen LogP contribution in [0.3, 0.4) is 0 Å². The third kappa shape index (κ3) is 7.56. The van der Waals surface area contributed by atoms with Crippen LogP contribution >= 0.6 is 0 Å². The fraction of sp³-hybridized carbons (Fsp3) is 0.233. The summed E-state index contributed by atoms with van der Waals surface area (Å²) in [7, 11) is 1.60. The van der Waals surface area contributed by atoms with Crippen LogP contribution in [0.5, 0.6) is 11.5 Å². The van der Waals surface area contributed by atoms with Gasteiger partial charge in [0, 0.05) is 22.9 Å². The van der Waals surface area contributed by atoms with Crippen molar-refractivity contribution in [3.8, 4) is 11.5 Å². The van der Waals surface area contributed by atoms with E-state index in [9.17, 15) is 22.8 Å². The highest BCUT2D eigenvalue weighted by Gasteiger charge is 2.31. The van der Waals surface area contributed by atoms with Crippen molar-refractivity contribution >= 4 is 29.2 Å². The zero-order valence-corrected chi connectivity index (χ0v) is 21.6. The number of nitrogens with one attached hydrogen (secondary N) is 1. The van der Waals surface area contributed by atoms with E-state index in [2.05, 4.69) is 10.1 Å². The zero-order chi connectivity index (χ0) is 28.2. The topological polar surface area (TPSA) is 77.0 Å². The van der Waals surface area contributed by atoms with E-state index in [1.54, 1.807) is 31.4 Å². The van der Waals surface area contributed by atoms with E-state index in [0.717, 1.165) is 29.7 Å². The number of rotatable bonds is 8. The number of methoxy groups -OCH3 is 1. The lowest BCUT2D eigenvalue weighted by molar-refractivity contribution is -0.274. The number of nitrogens with zero attached hydrogens (tertiary/aromatic N) is 1. The lowest BCUT2D eigenvalue weighted by Gasteiger charge is -2.29. The number of ether oxygens (including phenoxy) is 2. The van der Waals surface area contributed by atoms with Crippen LogP contribution in [0.25, 0.3) is 6.08 Å². The lowest BCUT2D eigenvalue weighted by Crippen LogP contribution is -2.30. The minimum Gasteiger partial charge on any atom is -0.497 e. The van der Waals surface area contributed by atoms with Crippen LogP contribution in [0.1, 0.15) is 47.3 Å². The predicted octanol–water partition coefficient (Wildman–Crippen LogP) is 6.64. The van der Waals surface area contributed by atoms with Crippen molar-refractivity contribution in [2.24, 2.45) is 4.99 Å². The standard InChI is InChI=1S/C30H27F3N2O4/c1-29(2)18-21-9-14-24(38-3)16-25(21)26(35-29)17-27(36)20-7-10-22(11-8-20)34-28(37)15-6-19-4-12-23(13-5-19)39-30(31,32)33/h4-16H,17-18H2,1-3H3,(H,34,37). The molecule has 6 nitrogen and oxygen atoms in total. The van der Waals surface area contributed by atoms with E-state index < -0.39 is 12.3 Å². The molecule has 4 rings (SSSR count). The zero-order valence-electron chi connectivity index (χ0n) is 21.6. The van der Waals surface area contributed by atoms with Gasteiger partial charge in [-0.25, -0.2) is 0 Å². The van der Waals surface area contributed by atoms with E-state index in [4.69, 9.17) is 9.73 Å². The average Bonchev–Trinajstić information content (AvgIpc) is 2.87. The van der Waals surface area contributed by atoms with E-state index in [-0.39, 0.29) is 23.5 Å². The quantitative estimate of drug-likeness (QED) is 0.259. The van der Waals surface area contributed by atoms with Gasteiger partial charge in [-0.1, -0.05) is 18.2 Å². The molecule has 0 saturated carbocycles. The number of carbonyl (C=O) groups is 2. The number of amides is 1. The molecule has 1 heterocycles. The smallest absolute Gasteiger partial charge is 0.497 e. The summed E-state index contributed by atoms with van der Waals surface area (Å²) in [5.41, 5.74) is 3.92. The van der Waals surface area contributed by atoms with Crippen LogP contribution in [0.15, 0.2) is 77.8 Å². The van der Waals surface area contributed by atoms with Crippen LogP contribution in [0.4, 0.5) is 18.9 Å². The highest BCUT2D eigenvalue weighted by Crippen LogP contribution is 2.31. The van der Waals surface area contributed by atoms with Crippen LogP contribution in [0.2, 0.25) is 0 Å². The second-order valence-electron chi connectivity index (χ2n) is 9.69. The number of anilines is 1. The van der Waals surface area contributed by atoms with Crippen LogP contribution in [-0.2, 0) is 11.2 Å². The minimum absolute atomic E-state index is 0.101. The third-order valence-corrected chi connectivity index (χ3v) is 6.03. The molecule has 9 heteroatoms. The van der Waals surface area contributed by atoms with Gasteiger partial charge in [0.2, 0.25) is 5.91 Å². The Hall–Kier alpha value is -4.40. The molecule has 3 aromatic rings. The fourth-order valence-corrected chi connectivity index (χ4v) is 4.30. The normalized spacial score (nSPS) is 14.4. The van der Waals surface area contributed by atoms with Gasteiger partial charge in [0.05, 0.1) is 24.8 Å². The first-order valence-corrected chi connectivity index (χ1v) is 12.1. The average molecular weight is 537 g/mol. The van der Waals surface area contributed by atoms with Gasteiger partial charge >= 0.3 is 6.36 Å². The van der Waals surface area contributed by atoms with Crippen molar-refractivity contribution in [1.29, 1.82) is 0 Å². The number of benzene rings is 3. The maximum atomic E-state index is 13.1. The van der Waals surface area contributed by atoms with E-state index in [1.807, 2.05) is 32.0 Å². The molecule has 1 N–H and O–H groups in total. The number of fused-ring (bicyclic) bond motifs is 1. The maximum Gasteiger partial charge on any atom is 0.573 e. The van der Waals surface area contributed by atoms with Crippen LogP contribution < -0.4 is 14.8 Å². The van der Waals surface area contributed by atoms with E-state index in [0.29, 0.717) is 28.3 Å². The van der Waals surface area contributed by atoms with Crippen molar-refractivity contribution in [2.75, 3.05) is 12.4 Å². The number of halogens is 3. The van der Waals surface area contributed by atoms with Crippen LogP contribution in [0, 0.1) is 0 Å². The molecule has 0 unspecified atom stereocenters. The number of hydrogen-bond acceptors (Lipinski definition) is 5. The number of carbonyl (C=O) groups excluding carboxylic acids is 2. The van der Waals surface area contributed by atoms with Crippen LogP contribution in [-0.4, -0.2) is 36.4 Å². The van der Waals surface area contributed by atoms with Gasteiger partial charge in [-0.15, -0.1) is 13.2 Å². The predicted molar refractivity (Wildman–Crippen MR) is 143 cm³/mol. The van der Waals surface area contributed by atoms with E-state index in [1.165, 1.54) is 24.3 Å². The molecule has 0 saturated heterocycles. The third-order valence-electron chi connectivity index (χ3n) is 6.03. The van der Waals surface area contributed by atoms with Crippen molar-refractivity contribution in [3.63, 3.8) is 0 Å². The summed E-state index contributed by atoms with van der Waals surface area (Å²) in [6, 6.07) is 17.5. The molecule has 0 aromatic heterocycles. The highest BCUT2D eigenvalue weighted by molar-refractivity contribution is 6.17. The van der Waals surface area contributed by atoms with Gasteiger partial charge in [0.15, 0.2) is 5.78 Å². The van der Waals surface area contributed by atoms with E-state index >= 15 is 0 Å².